The molecule has 1 aliphatic heterocycles. The lowest BCUT2D eigenvalue weighted by molar-refractivity contribution is 0.0706. The summed E-state index contributed by atoms with van der Waals surface area (Å²) in [5.41, 5.74) is 4.23. The van der Waals surface area contributed by atoms with Crippen molar-refractivity contribution in [1.29, 1.82) is 0 Å². The first-order valence-electron chi connectivity index (χ1n) is 13.5. The maximum atomic E-state index is 11.7. The Kier molecular flexibility index (Phi) is 8.51. The molecule has 0 atom stereocenters. The van der Waals surface area contributed by atoms with E-state index in [0.717, 1.165) is 40.2 Å². The van der Waals surface area contributed by atoms with E-state index in [-0.39, 0.29) is 0 Å². The van der Waals surface area contributed by atoms with Crippen molar-refractivity contribution in [3.8, 4) is 5.75 Å². The Morgan fingerprint density at radius 1 is 0.946 bits per heavy atom. The minimum Gasteiger partial charge on any atom is -0.489 e. The third-order valence-corrected chi connectivity index (χ3v) is 7.80. The summed E-state index contributed by atoms with van der Waals surface area (Å²) in [7, 11) is 0. The predicted octanol–water partition coefficient (Wildman–Crippen LogP) is 5.42. The van der Waals surface area contributed by atoms with Gasteiger partial charge in [0, 0.05) is 29.6 Å². The number of nitrogens with one attached hydrogen (secondary N) is 2. The number of hydroxylamine groups is 1. The fourth-order valence-electron chi connectivity index (χ4n) is 5.68. The molecule has 6 nitrogen and oxygen atoms in total. The number of piperidine rings is 1. The Morgan fingerprint density at radius 2 is 1.68 bits per heavy atom. The first-order chi connectivity index (χ1) is 18.2. The van der Waals surface area contributed by atoms with E-state index in [1.54, 1.807) is 17.6 Å². The van der Waals surface area contributed by atoms with Crippen molar-refractivity contribution in [1.82, 2.24) is 15.7 Å². The molecule has 6 heteroatoms. The van der Waals surface area contributed by atoms with Crippen LogP contribution in [0.3, 0.4) is 0 Å². The van der Waals surface area contributed by atoms with Crippen molar-refractivity contribution >= 4 is 22.8 Å². The summed E-state index contributed by atoms with van der Waals surface area (Å²) in [6.45, 7) is 3.59. The molecule has 37 heavy (non-hydrogen) atoms. The average Bonchev–Trinajstić information content (AvgIpc) is 3.50. The number of ether oxygens (including phenoxy) is 1. The molecule has 194 valence electrons. The van der Waals surface area contributed by atoms with Crippen LogP contribution in [0.25, 0.3) is 16.8 Å². The monoisotopic (exact) mass is 499 g/mol. The van der Waals surface area contributed by atoms with Crippen molar-refractivity contribution in [3.05, 3.63) is 83.4 Å². The number of hydrogen-bond acceptors (Lipinski definition) is 5. The molecule has 0 aromatic heterocycles. The highest BCUT2D eigenvalue weighted by molar-refractivity contribution is 5.93. The van der Waals surface area contributed by atoms with E-state index in [1.807, 2.05) is 36.4 Å². The summed E-state index contributed by atoms with van der Waals surface area (Å²) in [6.07, 6.45) is 10.0. The topological polar surface area (TPSA) is 73.8 Å². The smallest absolute Gasteiger partial charge is 0.274 e. The van der Waals surface area contributed by atoms with Crippen LogP contribution in [-0.2, 0) is 0 Å². The van der Waals surface area contributed by atoms with Crippen LogP contribution in [0.2, 0.25) is 0 Å². The van der Waals surface area contributed by atoms with E-state index in [4.69, 9.17) is 9.94 Å². The molecular formula is C31H37N3O3. The second-order valence-corrected chi connectivity index (χ2v) is 10.3. The van der Waals surface area contributed by atoms with Crippen LogP contribution in [0.15, 0.2) is 72.3 Å². The Hall–Kier alpha value is -3.19. The van der Waals surface area contributed by atoms with Gasteiger partial charge in [0.2, 0.25) is 0 Å². The zero-order chi connectivity index (χ0) is 25.5. The van der Waals surface area contributed by atoms with E-state index < -0.39 is 5.91 Å². The van der Waals surface area contributed by atoms with Gasteiger partial charge in [-0.25, -0.2) is 5.48 Å². The molecule has 0 unspecified atom stereocenters. The minimum atomic E-state index is -0.513. The molecule has 1 saturated carbocycles. The van der Waals surface area contributed by atoms with Crippen LogP contribution < -0.4 is 15.5 Å². The van der Waals surface area contributed by atoms with Crippen molar-refractivity contribution in [2.45, 2.75) is 50.6 Å². The number of amides is 1. The van der Waals surface area contributed by atoms with Gasteiger partial charge in [-0.15, -0.1) is 0 Å². The standard InChI is InChI=1S/C31H37N3O3/c35-31(33-36)26-14-12-23(13-15-26)20-24(22-37-30-11-5-7-25-6-1-4-10-29(25)30)21-32-27-16-18-34(19-17-27)28-8-2-3-9-28/h1,4-7,10-15,20,27-28,32,36H,2-3,8-9,16-19,21-22H2,(H,33,35)/b24-20-. The normalized spacial score (nSPS) is 17.8. The van der Waals surface area contributed by atoms with Crippen LogP contribution in [0.1, 0.15) is 54.4 Å². The van der Waals surface area contributed by atoms with Crippen molar-refractivity contribution in [2.24, 2.45) is 0 Å². The largest absolute Gasteiger partial charge is 0.489 e. The molecule has 0 radical (unpaired) electrons. The number of carbonyl (C=O) groups excluding carboxylic acids is 1. The average molecular weight is 500 g/mol. The number of hydrogen-bond donors (Lipinski definition) is 3. The van der Waals surface area contributed by atoms with Gasteiger partial charge in [0.25, 0.3) is 5.91 Å². The molecule has 3 N–H and O–H groups in total. The fourth-order valence-corrected chi connectivity index (χ4v) is 5.68. The summed E-state index contributed by atoms with van der Waals surface area (Å²) in [4.78, 5) is 14.4. The molecule has 1 heterocycles. The molecule has 0 spiro atoms. The molecular weight excluding hydrogens is 462 g/mol. The zero-order valence-electron chi connectivity index (χ0n) is 21.4. The lowest BCUT2D eigenvalue weighted by Gasteiger charge is -2.36. The number of fused-ring (bicyclic) bond motifs is 1. The van der Waals surface area contributed by atoms with Crippen molar-refractivity contribution < 1.29 is 14.7 Å². The Morgan fingerprint density at radius 3 is 2.43 bits per heavy atom. The van der Waals surface area contributed by atoms with Gasteiger partial charge in [0.15, 0.2) is 0 Å². The van der Waals surface area contributed by atoms with Crippen LogP contribution in [0.4, 0.5) is 0 Å². The minimum absolute atomic E-state index is 0.417. The summed E-state index contributed by atoms with van der Waals surface area (Å²) >= 11 is 0. The quantitative estimate of drug-likeness (QED) is 0.271. The lowest BCUT2D eigenvalue weighted by Crippen LogP contribution is -2.46. The molecule has 5 rings (SSSR count). The van der Waals surface area contributed by atoms with Gasteiger partial charge in [-0.3, -0.25) is 10.0 Å². The van der Waals surface area contributed by atoms with Gasteiger partial charge in [-0.2, -0.15) is 0 Å². The van der Waals surface area contributed by atoms with Gasteiger partial charge < -0.3 is 15.0 Å². The predicted molar refractivity (Wildman–Crippen MR) is 148 cm³/mol. The van der Waals surface area contributed by atoms with E-state index in [1.165, 1.54) is 51.6 Å². The number of benzene rings is 3. The lowest BCUT2D eigenvalue weighted by atomic mass is 10.0. The van der Waals surface area contributed by atoms with E-state index >= 15 is 0 Å². The second kappa shape index (κ2) is 12.4. The van der Waals surface area contributed by atoms with E-state index in [9.17, 15) is 4.79 Å². The number of nitrogens with zero attached hydrogens (tertiary/aromatic N) is 1. The molecule has 1 saturated heterocycles. The van der Waals surface area contributed by atoms with Crippen molar-refractivity contribution in [3.63, 3.8) is 0 Å². The number of likely N-dealkylation sites (tertiary alicyclic amines) is 1. The molecule has 0 bridgehead atoms. The zero-order valence-corrected chi connectivity index (χ0v) is 21.4. The molecule has 2 fully saturated rings. The molecule has 3 aromatic rings. The Balaban J connectivity index is 1.26. The molecule has 1 amide bonds. The van der Waals surface area contributed by atoms with Gasteiger partial charge in [0.1, 0.15) is 12.4 Å². The third kappa shape index (κ3) is 6.58. The molecule has 2 aliphatic rings. The van der Waals surface area contributed by atoms with Crippen molar-refractivity contribution in [2.75, 3.05) is 26.2 Å². The SMILES string of the molecule is O=C(NO)c1ccc(/C=C(/CNC2CCN(C3CCCC3)CC2)COc2cccc3ccccc23)cc1. The van der Waals surface area contributed by atoms with E-state index in [2.05, 4.69) is 34.5 Å². The summed E-state index contributed by atoms with van der Waals surface area (Å²) in [6, 6.07) is 23.0. The van der Waals surface area contributed by atoms with E-state index in [0.29, 0.717) is 18.2 Å². The molecule has 3 aromatic carbocycles. The first kappa shape index (κ1) is 25.5. The third-order valence-electron chi connectivity index (χ3n) is 7.80. The number of carbonyl (C=O) groups is 1. The first-order valence-corrected chi connectivity index (χ1v) is 13.5. The summed E-state index contributed by atoms with van der Waals surface area (Å²) in [5, 5.41) is 15.0. The highest BCUT2D eigenvalue weighted by Gasteiger charge is 2.26. The van der Waals surface area contributed by atoms with Gasteiger partial charge in [-0.05, 0) is 73.5 Å². The van der Waals surface area contributed by atoms with Gasteiger partial charge in [-0.1, -0.05) is 67.4 Å². The molecule has 1 aliphatic carbocycles. The Labute approximate surface area is 219 Å². The highest BCUT2D eigenvalue weighted by Crippen LogP contribution is 2.27. The second-order valence-electron chi connectivity index (χ2n) is 10.3. The van der Waals surface area contributed by atoms with Crippen LogP contribution >= 0.6 is 0 Å². The maximum absolute atomic E-state index is 11.7. The van der Waals surface area contributed by atoms with Crippen LogP contribution in [-0.4, -0.2) is 54.3 Å². The summed E-state index contributed by atoms with van der Waals surface area (Å²) < 4.78 is 6.34. The number of rotatable bonds is 9. The van der Waals surface area contributed by atoms with Gasteiger partial charge in [0.05, 0.1) is 0 Å². The van der Waals surface area contributed by atoms with Crippen LogP contribution in [0, 0.1) is 0 Å². The Bertz CT molecular complexity index is 1200. The van der Waals surface area contributed by atoms with Crippen LogP contribution in [0.5, 0.6) is 5.75 Å². The fraction of sp³-hybridized carbons (Fsp3) is 0.387. The maximum Gasteiger partial charge on any atom is 0.274 e. The van der Waals surface area contributed by atoms with Gasteiger partial charge >= 0.3 is 0 Å². The summed E-state index contributed by atoms with van der Waals surface area (Å²) in [5.74, 6) is 0.365. The highest BCUT2D eigenvalue weighted by atomic mass is 16.5.